The molecule has 0 fully saturated rings. The summed E-state index contributed by atoms with van der Waals surface area (Å²) in [6, 6.07) is -11.9. The number of nitrogens with two attached hydrogens (primary N) is 4. The average Bonchev–Trinajstić information content (AvgIpc) is 3.07. The third-order valence-electron chi connectivity index (χ3n) is 7.37. The zero-order chi connectivity index (χ0) is 42.6. The van der Waals surface area contributed by atoms with Gasteiger partial charge in [-0.2, -0.15) is 0 Å². The summed E-state index contributed by atoms with van der Waals surface area (Å²) in [7, 11) is 0. The number of carbonyl (C=O) groups is 9. The Hall–Kier alpha value is -5.66. The topological polar surface area (TPSA) is 443 Å². The molecule has 0 bridgehead atoms. The van der Waals surface area contributed by atoms with Crippen molar-refractivity contribution in [1.82, 2.24) is 31.9 Å². The summed E-state index contributed by atoms with van der Waals surface area (Å²) < 4.78 is 0. The Labute approximate surface area is 314 Å². The second-order valence-electron chi connectivity index (χ2n) is 12.7. The Morgan fingerprint density at radius 3 is 1.45 bits per heavy atom. The maximum atomic E-state index is 13.4. The average molecular weight is 792 g/mol. The number of aliphatic imine (C=N–C) groups is 1. The molecule has 25 nitrogen and oxygen atoms in total. The van der Waals surface area contributed by atoms with Gasteiger partial charge in [-0.1, -0.05) is 13.8 Å². The van der Waals surface area contributed by atoms with Crippen LogP contribution in [0.1, 0.15) is 52.9 Å². The number of aliphatic hydroxyl groups excluding tert-OH is 3. The van der Waals surface area contributed by atoms with Crippen LogP contribution in [0.25, 0.3) is 0 Å². The molecule has 25 heteroatoms. The fourth-order valence-electron chi connectivity index (χ4n) is 4.55. The lowest BCUT2D eigenvalue weighted by Gasteiger charge is -2.27. The summed E-state index contributed by atoms with van der Waals surface area (Å²) in [5.74, 6) is -11.9. The predicted molar refractivity (Wildman–Crippen MR) is 188 cm³/mol. The van der Waals surface area contributed by atoms with Gasteiger partial charge in [0, 0.05) is 6.54 Å². The number of guanidine groups is 1. The van der Waals surface area contributed by atoms with Crippen LogP contribution in [0.15, 0.2) is 4.99 Å². The highest BCUT2D eigenvalue weighted by atomic mass is 16.4. The standard InChI is InChI=1S/C30H53N11O14/c1-12(2)7-15(24(49)40-19(11-43)28(53)41-22(13(3)44)29(54)55)36-25(50)16(8-20(32)45)37-26(51)17(9-21(46)47)38-27(52)18(10-42)39-23(48)14(31)5-4-6-35-30(33)34/h12-19,22,42-44H,4-11,31H2,1-3H3,(H2,32,45)(H,36,50)(H,37,51)(H,38,52)(H,39,48)(H,40,49)(H,41,53)(H,46,47)(H,54,55)(H4,33,34,35)/t13-,14+,15+,16+,17+,18+,19+,22+/m1/s1. The Morgan fingerprint density at radius 2 is 1.04 bits per heavy atom. The summed E-state index contributed by atoms with van der Waals surface area (Å²) in [5.41, 5.74) is 21.5. The van der Waals surface area contributed by atoms with Crippen LogP contribution in [0.2, 0.25) is 0 Å². The molecule has 0 aliphatic heterocycles. The van der Waals surface area contributed by atoms with Crippen LogP contribution in [-0.2, 0) is 43.2 Å². The van der Waals surface area contributed by atoms with Crippen molar-refractivity contribution < 1.29 is 68.7 Å². The summed E-state index contributed by atoms with van der Waals surface area (Å²) in [4.78, 5) is 116. The molecule has 55 heavy (non-hydrogen) atoms. The first-order chi connectivity index (χ1) is 25.5. The van der Waals surface area contributed by atoms with E-state index in [1.54, 1.807) is 13.8 Å². The minimum absolute atomic E-state index is 0.0595. The zero-order valence-corrected chi connectivity index (χ0v) is 30.5. The van der Waals surface area contributed by atoms with Gasteiger partial charge < -0.3 is 80.4 Å². The van der Waals surface area contributed by atoms with E-state index in [1.807, 2.05) is 10.6 Å². The van der Waals surface area contributed by atoms with E-state index in [1.165, 1.54) is 0 Å². The van der Waals surface area contributed by atoms with Crippen LogP contribution >= 0.6 is 0 Å². The quantitative estimate of drug-likeness (QED) is 0.0220. The molecular weight excluding hydrogens is 738 g/mol. The third kappa shape index (κ3) is 19.3. The molecule has 0 aliphatic rings. The van der Waals surface area contributed by atoms with Crippen molar-refractivity contribution in [3.8, 4) is 0 Å². The van der Waals surface area contributed by atoms with Gasteiger partial charge >= 0.3 is 11.9 Å². The van der Waals surface area contributed by atoms with Gasteiger partial charge in [-0.25, -0.2) is 4.79 Å². The van der Waals surface area contributed by atoms with Crippen molar-refractivity contribution in [2.45, 2.75) is 101 Å². The summed E-state index contributed by atoms with van der Waals surface area (Å²) in [6.07, 6.45) is -3.37. The Balaban J connectivity index is 6.03. The molecule has 0 radical (unpaired) electrons. The first-order valence-corrected chi connectivity index (χ1v) is 16.8. The number of nitrogens with zero attached hydrogens (tertiary/aromatic N) is 1. The highest BCUT2D eigenvalue weighted by Gasteiger charge is 2.35. The maximum Gasteiger partial charge on any atom is 0.328 e. The molecule has 19 N–H and O–H groups in total. The highest BCUT2D eigenvalue weighted by Crippen LogP contribution is 2.08. The molecule has 0 saturated heterocycles. The molecule has 312 valence electrons. The fraction of sp³-hybridized carbons (Fsp3) is 0.667. The molecule has 7 amide bonds. The lowest BCUT2D eigenvalue weighted by atomic mass is 10.0. The molecule has 0 aliphatic carbocycles. The van der Waals surface area contributed by atoms with Crippen molar-refractivity contribution in [3.05, 3.63) is 0 Å². The van der Waals surface area contributed by atoms with Gasteiger partial charge in [0.15, 0.2) is 12.0 Å². The van der Waals surface area contributed by atoms with E-state index in [2.05, 4.69) is 26.3 Å². The molecule has 0 unspecified atom stereocenters. The number of amides is 7. The van der Waals surface area contributed by atoms with Gasteiger partial charge in [0.25, 0.3) is 0 Å². The number of primary amides is 1. The van der Waals surface area contributed by atoms with Crippen molar-refractivity contribution in [1.29, 1.82) is 0 Å². The number of carbonyl (C=O) groups excluding carboxylic acids is 7. The Morgan fingerprint density at radius 1 is 0.618 bits per heavy atom. The van der Waals surface area contributed by atoms with Gasteiger partial charge in [0.05, 0.1) is 38.2 Å². The van der Waals surface area contributed by atoms with E-state index < -0.39 is 128 Å². The van der Waals surface area contributed by atoms with E-state index in [4.69, 9.17) is 22.9 Å². The van der Waals surface area contributed by atoms with Gasteiger partial charge in [-0.15, -0.1) is 0 Å². The number of aliphatic carboxylic acids is 2. The number of carboxylic acid groups (broad SMARTS) is 2. The second kappa shape index (κ2) is 24.6. The number of rotatable bonds is 26. The molecule has 0 aromatic heterocycles. The zero-order valence-electron chi connectivity index (χ0n) is 30.5. The van der Waals surface area contributed by atoms with E-state index in [-0.39, 0.29) is 37.7 Å². The summed E-state index contributed by atoms with van der Waals surface area (Å²) in [6.45, 7) is 2.42. The molecule has 0 saturated carbocycles. The van der Waals surface area contributed by atoms with E-state index in [0.717, 1.165) is 6.92 Å². The smallest absolute Gasteiger partial charge is 0.328 e. The number of hydrogen-bond donors (Lipinski definition) is 15. The van der Waals surface area contributed by atoms with Crippen LogP contribution in [0.5, 0.6) is 0 Å². The van der Waals surface area contributed by atoms with Gasteiger partial charge in [-0.3, -0.25) is 43.3 Å². The molecule has 0 aromatic rings. The van der Waals surface area contributed by atoms with Crippen molar-refractivity contribution in [2.75, 3.05) is 19.8 Å². The fourth-order valence-corrected chi connectivity index (χ4v) is 4.55. The Kier molecular flexibility index (Phi) is 22.1. The predicted octanol–water partition coefficient (Wildman–Crippen LogP) is -7.88. The summed E-state index contributed by atoms with van der Waals surface area (Å²) >= 11 is 0. The van der Waals surface area contributed by atoms with Crippen LogP contribution in [0.4, 0.5) is 0 Å². The Bertz CT molecular complexity index is 1410. The number of hydrogen-bond acceptors (Lipinski definition) is 14. The van der Waals surface area contributed by atoms with E-state index in [9.17, 15) is 68.7 Å². The minimum atomic E-state index is -1.97. The monoisotopic (exact) mass is 791 g/mol. The van der Waals surface area contributed by atoms with Gasteiger partial charge in [0.1, 0.15) is 30.2 Å². The number of carboxylic acids is 2. The number of nitrogens with one attached hydrogen (secondary N) is 6. The van der Waals surface area contributed by atoms with Gasteiger partial charge in [0.2, 0.25) is 41.4 Å². The van der Waals surface area contributed by atoms with Crippen LogP contribution in [0.3, 0.4) is 0 Å². The number of aliphatic hydroxyl groups is 3. The van der Waals surface area contributed by atoms with Crippen LogP contribution in [0, 0.1) is 5.92 Å². The van der Waals surface area contributed by atoms with Gasteiger partial charge in [-0.05, 0) is 32.1 Å². The highest BCUT2D eigenvalue weighted by molar-refractivity contribution is 5.99. The van der Waals surface area contributed by atoms with Crippen molar-refractivity contribution in [3.63, 3.8) is 0 Å². The molecule has 0 rings (SSSR count). The largest absolute Gasteiger partial charge is 0.481 e. The molecule has 0 aromatic carbocycles. The molecule has 0 spiro atoms. The molecule has 8 atom stereocenters. The minimum Gasteiger partial charge on any atom is -0.481 e. The lowest BCUT2D eigenvalue weighted by molar-refractivity contribution is -0.145. The SMILES string of the molecule is CC(C)C[C@H](NC(=O)[C@H](CC(N)=O)NC(=O)[C@H](CC(=O)O)NC(=O)[C@H](CO)NC(=O)[C@@H](N)CCCN=C(N)N)C(=O)N[C@@H](CO)C(=O)N[C@H](C(=O)O)[C@@H](C)O. The third-order valence-corrected chi connectivity index (χ3v) is 7.37. The first kappa shape index (κ1) is 49.3. The van der Waals surface area contributed by atoms with Crippen molar-refractivity contribution >= 4 is 59.2 Å². The second-order valence-corrected chi connectivity index (χ2v) is 12.7. The lowest BCUT2D eigenvalue weighted by Crippen LogP contribution is -2.61. The van der Waals surface area contributed by atoms with E-state index >= 15 is 0 Å². The first-order valence-electron chi connectivity index (χ1n) is 16.8. The normalized spacial score (nSPS) is 15.3. The van der Waals surface area contributed by atoms with Crippen LogP contribution < -0.4 is 54.8 Å². The van der Waals surface area contributed by atoms with E-state index in [0.29, 0.717) is 0 Å². The molecular formula is C30H53N11O14. The molecule has 0 heterocycles. The van der Waals surface area contributed by atoms with Crippen molar-refractivity contribution in [2.24, 2.45) is 33.8 Å². The van der Waals surface area contributed by atoms with Crippen LogP contribution in [-0.4, -0.2) is 153 Å². The summed E-state index contributed by atoms with van der Waals surface area (Å²) in [5, 5.41) is 60.4. The maximum absolute atomic E-state index is 13.4.